The first-order valence-electron chi connectivity index (χ1n) is 6.20. The largest absolute Gasteiger partial charge is 0.508 e. The highest BCUT2D eigenvalue weighted by Gasteiger charge is 2.35. The van der Waals surface area contributed by atoms with Crippen LogP contribution in [0.2, 0.25) is 0 Å². The Morgan fingerprint density at radius 3 is 2.24 bits per heavy atom. The summed E-state index contributed by atoms with van der Waals surface area (Å²) in [5.41, 5.74) is 0.0967. The van der Waals surface area contributed by atoms with Crippen LogP contribution in [0.1, 0.15) is 25.3 Å². The van der Waals surface area contributed by atoms with Gasteiger partial charge in [-0.1, -0.05) is 12.1 Å². The molecule has 1 unspecified atom stereocenters. The molecule has 0 aromatic heterocycles. The topological polar surface area (TPSA) is 43.7 Å². The van der Waals surface area contributed by atoms with Crippen LogP contribution in [-0.2, 0) is 5.60 Å². The Morgan fingerprint density at radius 1 is 1.18 bits per heavy atom. The maximum absolute atomic E-state index is 10.7. The van der Waals surface area contributed by atoms with Gasteiger partial charge in [0.05, 0.1) is 5.60 Å². The Labute approximate surface area is 103 Å². The number of piperidine rings is 1. The monoisotopic (exact) mass is 235 g/mol. The molecule has 1 aliphatic heterocycles. The highest BCUT2D eigenvalue weighted by Crippen LogP contribution is 2.36. The maximum atomic E-state index is 10.7. The normalized spacial score (nSPS) is 22.3. The second-order valence-corrected chi connectivity index (χ2v) is 5.27. The van der Waals surface area contributed by atoms with E-state index in [2.05, 4.69) is 11.9 Å². The van der Waals surface area contributed by atoms with Crippen molar-refractivity contribution in [2.45, 2.75) is 25.4 Å². The van der Waals surface area contributed by atoms with Gasteiger partial charge in [-0.2, -0.15) is 0 Å². The van der Waals surface area contributed by atoms with Gasteiger partial charge >= 0.3 is 0 Å². The molecular weight excluding hydrogens is 214 g/mol. The molecule has 1 heterocycles. The molecule has 2 rings (SSSR count). The predicted molar refractivity (Wildman–Crippen MR) is 67.9 cm³/mol. The smallest absolute Gasteiger partial charge is 0.115 e. The highest BCUT2D eigenvalue weighted by atomic mass is 16.3. The first-order valence-corrected chi connectivity index (χ1v) is 6.20. The fraction of sp³-hybridized carbons (Fsp3) is 0.571. The van der Waals surface area contributed by atoms with Crippen LogP contribution in [0.4, 0.5) is 0 Å². The Hall–Kier alpha value is -1.06. The van der Waals surface area contributed by atoms with Crippen molar-refractivity contribution in [3.05, 3.63) is 29.8 Å². The molecule has 1 saturated heterocycles. The van der Waals surface area contributed by atoms with Gasteiger partial charge in [0.2, 0.25) is 0 Å². The summed E-state index contributed by atoms with van der Waals surface area (Å²) in [4.78, 5) is 2.30. The maximum Gasteiger partial charge on any atom is 0.115 e. The van der Waals surface area contributed by atoms with Crippen molar-refractivity contribution in [2.75, 3.05) is 20.1 Å². The Kier molecular flexibility index (Phi) is 3.40. The van der Waals surface area contributed by atoms with Gasteiger partial charge in [-0.3, -0.25) is 0 Å². The van der Waals surface area contributed by atoms with Crippen LogP contribution in [0.15, 0.2) is 24.3 Å². The molecule has 1 aromatic rings. The summed E-state index contributed by atoms with van der Waals surface area (Å²) < 4.78 is 0. The number of hydrogen-bond donors (Lipinski definition) is 2. The number of aliphatic hydroxyl groups is 1. The minimum atomic E-state index is -0.797. The summed E-state index contributed by atoms with van der Waals surface area (Å²) in [5.74, 6) is 0.538. The second-order valence-electron chi connectivity index (χ2n) is 5.27. The number of rotatable bonds is 2. The van der Waals surface area contributed by atoms with Gasteiger partial charge in [-0.05, 0) is 63.5 Å². The van der Waals surface area contributed by atoms with E-state index < -0.39 is 5.60 Å². The van der Waals surface area contributed by atoms with Crippen LogP contribution in [0.3, 0.4) is 0 Å². The lowest BCUT2D eigenvalue weighted by Crippen LogP contribution is -2.40. The van der Waals surface area contributed by atoms with Gasteiger partial charge in [-0.25, -0.2) is 0 Å². The standard InChI is InChI=1S/C14H21NO2/c1-14(17,11-3-5-13(16)6-4-11)12-7-9-15(2)10-8-12/h3-6,12,16-17H,7-10H2,1-2H3. The Balaban J connectivity index is 2.15. The molecule has 1 aromatic carbocycles. The van der Waals surface area contributed by atoms with E-state index in [1.165, 1.54) is 0 Å². The van der Waals surface area contributed by atoms with E-state index in [4.69, 9.17) is 0 Å². The van der Waals surface area contributed by atoms with Crippen LogP contribution in [0.25, 0.3) is 0 Å². The van der Waals surface area contributed by atoms with Crippen LogP contribution < -0.4 is 0 Å². The summed E-state index contributed by atoms with van der Waals surface area (Å²) in [7, 11) is 2.12. The molecule has 94 valence electrons. The number of aromatic hydroxyl groups is 1. The summed E-state index contributed by atoms with van der Waals surface area (Å²) >= 11 is 0. The molecule has 3 nitrogen and oxygen atoms in total. The van der Waals surface area contributed by atoms with Gasteiger partial charge in [0.15, 0.2) is 0 Å². The minimum absolute atomic E-state index is 0.243. The molecule has 0 radical (unpaired) electrons. The molecule has 1 fully saturated rings. The summed E-state index contributed by atoms with van der Waals surface area (Å²) in [6.07, 6.45) is 2.04. The van der Waals surface area contributed by atoms with Crippen molar-refractivity contribution in [3.63, 3.8) is 0 Å². The minimum Gasteiger partial charge on any atom is -0.508 e. The Bertz CT molecular complexity index is 364. The first-order chi connectivity index (χ1) is 8.00. The quantitative estimate of drug-likeness (QED) is 0.823. The predicted octanol–water partition coefficient (Wildman–Crippen LogP) is 1.94. The zero-order chi connectivity index (χ0) is 12.5. The molecule has 1 atom stereocenters. The van der Waals surface area contributed by atoms with Gasteiger partial charge in [0, 0.05) is 0 Å². The van der Waals surface area contributed by atoms with Crippen molar-refractivity contribution in [2.24, 2.45) is 5.92 Å². The lowest BCUT2D eigenvalue weighted by Gasteiger charge is -2.38. The van der Waals surface area contributed by atoms with Crippen molar-refractivity contribution in [3.8, 4) is 5.75 Å². The van der Waals surface area contributed by atoms with Crippen molar-refractivity contribution < 1.29 is 10.2 Å². The van der Waals surface area contributed by atoms with Crippen molar-refractivity contribution in [1.82, 2.24) is 4.90 Å². The third-order valence-corrected chi connectivity index (χ3v) is 3.97. The van der Waals surface area contributed by atoms with Gasteiger partial charge in [0.1, 0.15) is 5.75 Å². The molecule has 0 spiro atoms. The van der Waals surface area contributed by atoms with E-state index in [0.717, 1.165) is 31.5 Å². The van der Waals surface area contributed by atoms with E-state index in [0.29, 0.717) is 5.92 Å². The molecule has 1 aliphatic rings. The number of benzene rings is 1. The average molecular weight is 235 g/mol. The lowest BCUT2D eigenvalue weighted by atomic mass is 9.77. The van der Waals surface area contributed by atoms with E-state index in [-0.39, 0.29) is 5.75 Å². The fourth-order valence-electron chi connectivity index (χ4n) is 2.61. The summed E-state index contributed by atoms with van der Waals surface area (Å²) in [6.45, 7) is 3.97. The molecule has 3 heteroatoms. The van der Waals surface area contributed by atoms with Gasteiger partial charge in [0.25, 0.3) is 0 Å². The number of hydrogen-bond acceptors (Lipinski definition) is 3. The van der Waals surface area contributed by atoms with Gasteiger partial charge in [-0.15, -0.1) is 0 Å². The summed E-state index contributed by atoms with van der Waals surface area (Å²) in [5, 5.41) is 20.0. The summed E-state index contributed by atoms with van der Waals surface area (Å²) in [6, 6.07) is 6.90. The first kappa shape index (κ1) is 12.4. The van der Waals surface area contributed by atoms with E-state index >= 15 is 0 Å². The van der Waals surface area contributed by atoms with E-state index in [1.54, 1.807) is 12.1 Å². The molecule has 0 aliphatic carbocycles. The van der Waals surface area contributed by atoms with Crippen LogP contribution in [0, 0.1) is 5.92 Å². The van der Waals surface area contributed by atoms with Gasteiger partial charge < -0.3 is 15.1 Å². The molecule has 0 amide bonds. The van der Waals surface area contributed by atoms with Crippen LogP contribution in [0.5, 0.6) is 5.75 Å². The molecule has 17 heavy (non-hydrogen) atoms. The number of phenolic OH excluding ortho intramolecular Hbond substituents is 1. The third-order valence-electron chi connectivity index (χ3n) is 3.97. The second kappa shape index (κ2) is 4.67. The third kappa shape index (κ3) is 2.61. The van der Waals surface area contributed by atoms with Crippen molar-refractivity contribution in [1.29, 1.82) is 0 Å². The zero-order valence-electron chi connectivity index (χ0n) is 10.6. The number of nitrogens with zero attached hydrogens (tertiary/aromatic N) is 1. The van der Waals surface area contributed by atoms with Crippen LogP contribution >= 0.6 is 0 Å². The lowest BCUT2D eigenvalue weighted by molar-refractivity contribution is -0.0302. The highest BCUT2D eigenvalue weighted by molar-refractivity contribution is 5.30. The number of phenols is 1. The van der Waals surface area contributed by atoms with Crippen LogP contribution in [-0.4, -0.2) is 35.3 Å². The zero-order valence-corrected chi connectivity index (χ0v) is 10.6. The average Bonchev–Trinajstić information content (AvgIpc) is 2.30. The molecular formula is C14H21NO2. The fourth-order valence-corrected chi connectivity index (χ4v) is 2.61. The number of likely N-dealkylation sites (tertiary alicyclic amines) is 1. The van der Waals surface area contributed by atoms with E-state index in [1.807, 2.05) is 19.1 Å². The molecule has 0 saturated carbocycles. The molecule has 0 bridgehead atoms. The Morgan fingerprint density at radius 2 is 1.71 bits per heavy atom. The molecule has 2 N–H and O–H groups in total. The van der Waals surface area contributed by atoms with Crippen molar-refractivity contribution >= 4 is 0 Å². The van der Waals surface area contributed by atoms with E-state index in [9.17, 15) is 10.2 Å². The SMILES string of the molecule is CN1CCC(C(C)(O)c2ccc(O)cc2)CC1.